The van der Waals surface area contributed by atoms with Gasteiger partial charge in [-0.1, -0.05) is 19.1 Å². The molecular weight excluding hydrogens is 330 g/mol. The molecule has 0 spiro atoms. The fourth-order valence-electron chi connectivity index (χ4n) is 3.35. The fourth-order valence-corrected chi connectivity index (χ4v) is 4.13. The van der Waals surface area contributed by atoms with E-state index in [4.69, 9.17) is 4.74 Å². The Morgan fingerprint density at radius 1 is 1.36 bits per heavy atom. The molecule has 1 aliphatic heterocycles. The molecule has 1 aromatic carbocycles. The van der Waals surface area contributed by atoms with Crippen LogP contribution in [0.1, 0.15) is 36.3 Å². The van der Waals surface area contributed by atoms with Gasteiger partial charge in [-0.15, -0.1) is 0 Å². The third-order valence-corrected chi connectivity index (χ3v) is 5.67. The second kappa shape index (κ2) is 8.39. The summed E-state index contributed by atoms with van der Waals surface area (Å²) in [6, 6.07) is 10.7. The van der Waals surface area contributed by atoms with Crippen LogP contribution in [0.15, 0.2) is 46.1 Å². The Kier molecular flexibility index (Phi) is 5.97. The zero-order valence-corrected chi connectivity index (χ0v) is 16.1. The van der Waals surface area contributed by atoms with Crippen molar-refractivity contribution in [3.8, 4) is 5.75 Å². The minimum atomic E-state index is 0.489. The number of rotatable bonds is 5. The zero-order chi connectivity index (χ0) is 17.6. The molecule has 134 valence electrons. The molecule has 5 heteroatoms. The standard InChI is InChI=1S/C20H27N3OS/c1-15(18-9-11-25-14-18)12-22-20(21-2)23-10-8-17(13-23)16-4-6-19(24-3)7-5-16/h4-7,9,11,14-15,17H,8,10,12-13H2,1-3H3,(H,21,22). The Morgan fingerprint density at radius 3 is 2.80 bits per heavy atom. The van der Waals surface area contributed by atoms with E-state index >= 15 is 0 Å². The molecule has 3 rings (SSSR count). The van der Waals surface area contributed by atoms with Crippen molar-refractivity contribution >= 4 is 17.3 Å². The van der Waals surface area contributed by atoms with E-state index in [1.807, 2.05) is 19.2 Å². The molecule has 2 aromatic rings. The van der Waals surface area contributed by atoms with Crippen molar-refractivity contribution in [1.82, 2.24) is 10.2 Å². The van der Waals surface area contributed by atoms with Crippen LogP contribution in [0.5, 0.6) is 5.75 Å². The van der Waals surface area contributed by atoms with Gasteiger partial charge in [0.15, 0.2) is 5.96 Å². The third kappa shape index (κ3) is 4.34. The number of nitrogens with one attached hydrogen (secondary N) is 1. The molecule has 4 nitrogen and oxygen atoms in total. The van der Waals surface area contributed by atoms with E-state index in [2.05, 4.69) is 51.1 Å². The molecule has 0 amide bonds. The van der Waals surface area contributed by atoms with E-state index in [-0.39, 0.29) is 0 Å². The second-order valence-corrected chi connectivity index (χ2v) is 7.37. The molecule has 1 N–H and O–H groups in total. The number of methoxy groups -OCH3 is 1. The van der Waals surface area contributed by atoms with Crippen LogP contribution in [0.4, 0.5) is 0 Å². The van der Waals surface area contributed by atoms with Gasteiger partial charge < -0.3 is 15.0 Å². The number of benzene rings is 1. The van der Waals surface area contributed by atoms with Gasteiger partial charge in [0, 0.05) is 32.6 Å². The van der Waals surface area contributed by atoms with Crippen LogP contribution in [0.2, 0.25) is 0 Å². The first-order valence-electron chi connectivity index (χ1n) is 8.83. The first kappa shape index (κ1) is 17.8. The van der Waals surface area contributed by atoms with Gasteiger partial charge in [-0.3, -0.25) is 4.99 Å². The molecule has 0 radical (unpaired) electrons. The van der Waals surface area contributed by atoms with Crippen molar-refractivity contribution < 1.29 is 4.74 Å². The van der Waals surface area contributed by atoms with E-state index < -0.39 is 0 Å². The van der Waals surface area contributed by atoms with Crippen LogP contribution in [0, 0.1) is 0 Å². The first-order valence-corrected chi connectivity index (χ1v) is 9.77. The molecule has 2 atom stereocenters. The molecule has 1 aromatic heterocycles. The van der Waals surface area contributed by atoms with Crippen LogP contribution in [-0.2, 0) is 0 Å². The van der Waals surface area contributed by atoms with Crippen LogP contribution >= 0.6 is 11.3 Å². The van der Waals surface area contributed by atoms with Gasteiger partial charge in [0.25, 0.3) is 0 Å². The lowest BCUT2D eigenvalue weighted by atomic mass is 9.98. The predicted octanol–water partition coefficient (Wildman–Crippen LogP) is 3.93. The van der Waals surface area contributed by atoms with Gasteiger partial charge in [0.05, 0.1) is 7.11 Å². The predicted molar refractivity (Wildman–Crippen MR) is 106 cm³/mol. The number of nitrogens with zero attached hydrogens (tertiary/aromatic N) is 2. The highest BCUT2D eigenvalue weighted by Crippen LogP contribution is 2.28. The Labute approximate surface area is 154 Å². The Hall–Kier alpha value is -2.01. The quantitative estimate of drug-likeness (QED) is 0.651. The summed E-state index contributed by atoms with van der Waals surface area (Å²) in [6.07, 6.45) is 1.16. The van der Waals surface area contributed by atoms with Gasteiger partial charge >= 0.3 is 0 Å². The molecule has 2 unspecified atom stereocenters. The molecule has 1 saturated heterocycles. The minimum absolute atomic E-state index is 0.489. The molecule has 2 heterocycles. The SMILES string of the molecule is CN=C(NCC(C)c1ccsc1)N1CCC(c2ccc(OC)cc2)C1. The molecular formula is C20H27N3OS. The normalized spacial score (nSPS) is 19.1. The van der Waals surface area contributed by atoms with Gasteiger partial charge in [-0.25, -0.2) is 0 Å². The van der Waals surface area contributed by atoms with E-state index in [0.29, 0.717) is 11.8 Å². The van der Waals surface area contributed by atoms with Crippen molar-refractivity contribution in [2.45, 2.75) is 25.2 Å². The summed E-state index contributed by atoms with van der Waals surface area (Å²) in [4.78, 5) is 6.86. The summed E-state index contributed by atoms with van der Waals surface area (Å²) in [5, 5.41) is 7.92. The zero-order valence-electron chi connectivity index (χ0n) is 15.2. The maximum atomic E-state index is 5.25. The maximum Gasteiger partial charge on any atom is 0.193 e. The molecule has 0 aliphatic carbocycles. The maximum absolute atomic E-state index is 5.25. The van der Waals surface area contributed by atoms with Crippen LogP contribution < -0.4 is 10.1 Å². The van der Waals surface area contributed by atoms with Gasteiger partial charge in [0.2, 0.25) is 0 Å². The number of likely N-dealkylation sites (tertiary alicyclic amines) is 1. The monoisotopic (exact) mass is 357 g/mol. The van der Waals surface area contributed by atoms with Crippen LogP contribution in [0.3, 0.4) is 0 Å². The summed E-state index contributed by atoms with van der Waals surface area (Å²) in [7, 11) is 3.58. The van der Waals surface area contributed by atoms with Gasteiger partial charge in [-0.2, -0.15) is 11.3 Å². The second-order valence-electron chi connectivity index (χ2n) is 6.59. The number of thiophene rings is 1. The van der Waals surface area contributed by atoms with Crippen molar-refractivity contribution in [2.75, 3.05) is 33.8 Å². The van der Waals surface area contributed by atoms with E-state index in [9.17, 15) is 0 Å². The number of ether oxygens (including phenoxy) is 1. The smallest absolute Gasteiger partial charge is 0.193 e. The summed E-state index contributed by atoms with van der Waals surface area (Å²) in [5.41, 5.74) is 2.77. The number of hydrogen-bond acceptors (Lipinski definition) is 3. The largest absolute Gasteiger partial charge is 0.497 e. The van der Waals surface area contributed by atoms with Crippen LogP contribution in [-0.4, -0.2) is 44.7 Å². The number of hydrogen-bond donors (Lipinski definition) is 1. The lowest BCUT2D eigenvalue weighted by Crippen LogP contribution is -2.41. The van der Waals surface area contributed by atoms with E-state index in [0.717, 1.165) is 37.8 Å². The summed E-state index contributed by atoms with van der Waals surface area (Å²) >= 11 is 1.76. The molecule has 0 saturated carbocycles. The lowest BCUT2D eigenvalue weighted by Gasteiger charge is -2.23. The number of guanidine groups is 1. The first-order chi connectivity index (χ1) is 12.2. The summed E-state index contributed by atoms with van der Waals surface area (Å²) in [5.74, 6) is 2.97. The van der Waals surface area contributed by atoms with Crippen LogP contribution in [0.25, 0.3) is 0 Å². The summed E-state index contributed by atoms with van der Waals surface area (Å²) < 4.78 is 5.25. The average molecular weight is 358 g/mol. The lowest BCUT2D eigenvalue weighted by molar-refractivity contribution is 0.414. The molecule has 0 bridgehead atoms. The molecule has 25 heavy (non-hydrogen) atoms. The highest BCUT2D eigenvalue weighted by Gasteiger charge is 2.26. The van der Waals surface area contributed by atoms with Crippen molar-refractivity contribution in [3.63, 3.8) is 0 Å². The summed E-state index contributed by atoms with van der Waals surface area (Å²) in [6.45, 7) is 5.22. The highest BCUT2D eigenvalue weighted by atomic mass is 32.1. The average Bonchev–Trinajstić information content (AvgIpc) is 3.34. The van der Waals surface area contributed by atoms with E-state index in [1.54, 1.807) is 18.4 Å². The van der Waals surface area contributed by atoms with Gasteiger partial charge in [0.1, 0.15) is 5.75 Å². The van der Waals surface area contributed by atoms with Crippen molar-refractivity contribution in [1.29, 1.82) is 0 Å². The molecule has 1 aliphatic rings. The Balaban J connectivity index is 1.55. The Bertz CT molecular complexity index is 681. The topological polar surface area (TPSA) is 36.9 Å². The van der Waals surface area contributed by atoms with Crippen molar-refractivity contribution in [2.24, 2.45) is 4.99 Å². The Morgan fingerprint density at radius 2 is 2.16 bits per heavy atom. The van der Waals surface area contributed by atoms with Crippen molar-refractivity contribution in [3.05, 3.63) is 52.2 Å². The van der Waals surface area contributed by atoms with Gasteiger partial charge in [-0.05, 0) is 52.4 Å². The highest BCUT2D eigenvalue weighted by molar-refractivity contribution is 7.07. The fraction of sp³-hybridized carbons (Fsp3) is 0.450. The third-order valence-electron chi connectivity index (χ3n) is 4.97. The van der Waals surface area contributed by atoms with E-state index in [1.165, 1.54) is 11.1 Å². The molecule has 1 fully saturated rings. The minimum Gasteiger partial charge on any atom is -0.497 e. The number of aliphatic imine (C=N–C) groups is 1.